The van der Waals surface area contributed by atoms with Crippen LogP contribution in [0.5, 0.6) is 5.75 Å². The maximum atomic E-state index is 12.7. The molecule has 1 unspecified atom stereocenters. The number of nitrogens with zero attached hydrogens (tertiary/aromatic N) is 1. The van der Waals surface area contributed by atoms with E-state index >= 15 is 0 Å². The molecular formula is C15H21ClN2O2. The normalized spacial score (nSPS) is 18.6. The summed E-state index contributed by atoms with van der Waals surface area (Å²) in [6, 6.07) is 5.40. The maximum absolute atomic E-state index is 12.7. The van der Waals surface area contributed by atoms with Crippen LogP contribution in [0.4, 0.5) is 0 Å². The Kier molecular flexibility index (Phi) is 5.26. The molecular weight excluding hydrogens is 276 g/mol. The second kappa shape index (κ2) is 6.95. The van der Waals surface area contributed by atoms with Crippen molar-refractivity contribution in [2.75, 3.05) is 26.7 Å². The Bertz CT molecular complexity index is 473. The van der Waals surface area contributed by atoms with E-state index < -0.39 is 0 Å². The van der Waals surface area contributed by atoms with Crippen molar-refractivity contribution in [3.8, 4) is 5.75 Å². The third-order valence-electron chi connectivity index (χ3n) is 3.71. The zero-order chi connectivity index (χ0) is 14.5. The molecule has 1 atom stereocenters. The third-order valence-corrected chi connectivity index (χ3v) is 3.94. The van der Waals surface area contributed by atoms with Gasteiger partial charge in [0.2, 0.25) is 0 Å². The molecule has 1 aliphatic rings. The number of carbonyl (C=O) groups is 1. The van der Waals surface area contributed by atoms with E-state index in [-0.39, 0.29) is 11.9 Å². The van der Waals surface area contributed by atoms with Crippen molar-refractivity contribution < 1.29 is 9.53 Å². The topological polar surface area (TPSA) is 41.6 Å². The van der Waals surface area contributed by atoms with Gasteiger partial charge in [0.15, 0.2) is 0 Å². The van der Waals surface area contributed by atoms with Gasteiger partial charge in [-0.1, -0.05) is 11.6 Å². The van der Waals surface area contributed by atoms with Crippen molar-refractivity contribution in [3.05, 3.63) is 28.8 Å². The van der Waals surface area contributed by atoms with Gasteiger partial charge in [-0.05, 0) is 44.5 Å². The van der Waals surface area contributed by atoms with Crippen molar-refractivity contribution in [1.82, 2.24) is 10.2 Å². The summed E-state index contributed by atoms with van der Waals surface area (Å²) in [4.78, 5) is 14.7. The summed E-state index contributed by atoms with van der Waals surface area (Å²) < 4.78 is 5.28. The second-order valence-electron chi connectivity index (χ2n) is 4.94. The van der Waals surface area contributed by atoms with Crippen molar-refractivity contribution in [2.24, 2.45) is 0 Å². The fraction of sp³-hybridized carbons (Fsp3) is 0.533. The van der Waals surface area contributed by atoms with Gasteiger partial charge < -0.3 is 15.0 Å². The molecule has 0 aliphatic carbocycles. The molecule has 5 heteroatoms. The molecule has 1 saturated heterocycles. The van der Waals surface area contributed by atoms with Crippen LogP contribution in [-0.2, 0) is 0 Å². The van der Waals surface area contributed by atoms with Gasteiger partial charge in [0.1, 0.15) is 5.75 Å². The minimum absolute atomic E-state index is 0.00900. The van der Waals surface area contributed by atoms with Crippen LogP contribution in [0.2, 0.25) is 5.02 Å². The number of benzene rings is 1. The van der Waals surface area contributed by atoms with Crippen molar-refractivity contribution in [2.45, 2.75) is 25.8 Å². The minimum Gasteiger partial charge on any atom is -0.496 e. The molecule has 110 valence electrons. The van der Waals surface area contributed by atoms with Gasteiger partial charge in [0, 0.05) is 24.2 Å². The Labute approximate surface area is 125 Å². The van der Waals surface area contributed by atoms with Crippen molar-refractivity contribution in [3.63, 3.8) is 0 Å². The lowest BCUT2D eigenvalue weighted by molar-refractivity contribution is 0.0659. The Morgan fingerprint density at radius 3 is 2.95 bits per heavy atom. The van der Waals surface area contributed by atoms with Crippen LogP contribution in [0, 0.1) is 0 Å². The number of amides is 1. The number of methoxy groups -OCH3 is 1. The summed E-state index contributed by atoms with van der Waals surface area (Å²) >= 11 is 5.95. The van der Waals surface area contributed by atoms with Gasteiger partial charge in [-0.25, -0.2) is 0 Å². The summed E-state index contributed by atoms with van der Waals surface area (Å²) in [5.41, 5.74) is 0.573. The average Bonchev–Trinajstić information content (AvgIpc) is 2.48. The molecule has 2 rings (SSSR count). The zero-order valence-corrected chi connectivity index (χ0v) is 12.7. The Hall–Kier alpha value is -1.26. The Morgan fingerprint density at radius 1 is 1.55 bits per heavy atom. The summed E-state index contributed by atoms with van der Waals surface area (Å²) in [6.45, 7) is 4.59. The minimum atomic E-state index is 0.00900. The first-order valence-electron chi connectivity index (χ1n) is 7.02. The molecule has 1 fully saturated rings. The number of nitrogens with one attached hydrogen (secondary N) is 1. The monoisotopic (exact) mass is 296 g/mol. The highest BCUT2D eigenvalue weighted by molar-refractivity contribution is 6.30. The van der Waals surface area contributed by atoms with Crippen LogP contribution >= 0.6 is 11.6 Å². The molecule has 1 aromatic rings. The molecule has 1 aromatic carbocycles. The molecule has 1 heterocycles. The predicted octanol–water partition coefficient (Wildman–Crippen LogP) is 2.56. The second-order valence-corrected chi connectivity index (χ2v) is 5.37. The number of likely N-dealkylation sites (N-methyl/N-ethyl adjacent to an activating group) is 1. The molecule has 0 saturated carbocycles. The van der Waals surface area contributed by atoms with E-state index in [0.29, 0.717) is 22.9 Å². The number of ether oxygens (including phenoxy) is 1. The van der Waals surface area contributed by atoms with Gasteiger partial charge in [-0.2, -0.15) is 0 Å². The summed E-state index contributed by atoms with van der Waals surface area (Å²) in [6.07, 6.45) is 2.15. The number of hydrogen-bond acceptors (Lipinski definition) is 3. The zero-order valence-electron chi connectivity index (χ0n) is 12.0. The smallest absolute Gasteiger partial charge is 0.257 e. The highest BCUT2D eigenvalue weighted by atomic mass is 35.5. The molecule has 20 heavy (non-hydrogen) atoms. The molecule has 0 spiro atoms. The fourth-order valence-electron chi connectivity index (χ4n) is 2.66. The summed E-state index contributed by atoms with van der Waals surface area (Å²) in [7, 11) is 1.56. The van der Waals surface area contributed by atoms with Crippen LogP contribution in [0.3, 0.4) is 0 Å². The molecule has 0 aromatic heterocycles. The molecule has 1 aliphatic heterocycles. The van der Waals surface area contributed by atoms with Gasteiger partial charge >= 0.3 is 0 Å². The van der Waals surface area contributed by atoms with Crippen LogP contribution < -0.4 is 10.1 Å². The number of rotatable bonds is 4. The average molecular weight is 297 g/mol. The van der Waals surface area contributed by atoms with Crippen LogP contribution in [0.1, 0.15) is 30.1 Å². The number of hydrogen-bond donors (Lipinski definition) is 1. The van der Waals surface area contributed by atoms with E-state index in [1.807, 2.05) is 11.8 Å². The predicted molar refractivity (Wildman–Crippen MR) is 80.6 cm³/mol. The lowest BCUT2D eigenvalue weighted by Crippen LogP contribution is -2.48. The van der Waals surface area contributed by atoms with E-state index in [0.717, 1.165) is 25.9 Å². The van der Waals surface area contributed by atoms with Gasteiger partial charge in [-0.3, -0.25) is 4.79 Å². The molecule has 1 amide bonds. The van der Waals surface area contributed by atoms with E-state index in [4.69, 9.17) is 16.3 Å². The van der Waals surface area contributed by atoms with E-state index in [2.05, 4.69) is 5.32 Å². The first-order chi connectivity index (χ1) is 9.67. The van der Waals surface area contributed by atoms with Gasteiger partial charge in [0.25, 0.3) is 5.91 Å². The summed E-state index contributed by atoms with van der Waals surface area (Å²) in [5, 5.41) is 3.92. The molecule has 0 radical (unpaired) electrons. The van der Waals surface area contributed by atoms with Crippen LogP contribution in [0.15, 0.2) is 18.2 Å². The van der Waals surface area contributed by atoms with Crippen molar-refractivity contribution >= 4 is 17.5 Å². The Morgan fingerprint density at radius 2 is 2.35 bits per heavy atom. The van der Waals surface area contributed by atoms with Crippen LogP contribution in [0.25, 0.3) is 0 Å². The quantitative estimate of drug-likeness (QED) is 0.928. The molecule has 4 nitrogen and oxygen atoms in total. The van der Waals surface area contributed by atoms with Gasteiger partial charge in [0.05, 0.1) is 12.7 Å². The first-order valence-corrected chi connectivity index (χ1v) is 7.40. The maximum Gasteiger partial charge on any atom is 0.257 e. The fourth-order valence-corrected chi connectivity index (χ4v) is 2.83. The largest absolute Gasteiger partial charge is 0.496 e. The van der Waals surface area contributed by atoms with Gasteiger partial charge in [-0.15, -0.1) is 0 Å². The first kappa shape index (κ1) is 15.1. The Balaban J connectivity index is 2.23. The SMILES string of the molecule is CCN(C(=O)c1ccc(Cl)cc1OC)C1CCCNC1. The van der Waals surface area contributed by atoms with Crippen LogP contribution in [-0.4, -0.2) is 43.6 Å². The lowest BCUT2D eigenvalue weighted by atomic mass is 10.0. The molecule has 0 bridgehead atoms. The number of piperidine rings is 1. The number of carbonyl (C=O) groups excluding carboxylic acids is 1. The third kappa shape index (κ3) is 3.25. The van der Waals surface area contributed by atoms with E-state index in [1.54, 1.807) is 25.3 Å². The highest BCUT2D eigenvalue weighted by Crippen LogP contribution is 2.25. The standard InChI is InChI=1S/C15H21ClN2O2/c1-3-18(12-5-4-8-17-10-12)15(19)13-7-6-11(16)9-14(13)20-2/h6-7,9,12,17H,3-5,8,10H2,1-2H3. The highest BCUT2D eigenvalue weighted by Gasteiger charge is 2.26. The van der Waals surface area contributed by atoms with Crippen molar-refractivity contribution in [1.29, 1.82) is 0 Å². The molecule has 1 N–H and O–H groups in total. The number of halogens is 1. The lowest BCUT2D eigenvalue weighted by Gasteiger charge is -2.34. The van der Waals surface area contributed by atoms with E-state index in [1.165, 1.54) is 0 Å². The summed E-state index contributed by atoms with van der Waals surface area (Å²) in [5.74, 6) is 0.541. The van der Waals surface area contributed by atoms with E-state index in [9.17, 15) is 4.79 Å².